The third-order valence-corrected chi connectivity index (χ3v) is 5.69. The second-order valence-electron chi connectivity index (χ2n) is 7.35. The minimum atomic E-state index is -0.0713. The van der Waals surface area contributed by atoms with Crippen molar-refractivity contribution < 1.29 is 9.53 Å². The molecule has 0 atom stereocenters. The molecule has 0 unspecified atom stereocenters. The fourth-order valence-electron chi connectivity index (χ4n) is 3.39. The molecule has 24 heavy (non-hydrogen) atoms. The summed E-state index contributed by atoms with van der Waals surface area (Å²) in [4.78, 5) is 14.2. The zero-order valence-corrected chi connectivity index (χ0v) is 15.7. The zero-order valence-electron chi connectivity index (χ0n) is 14.9. The van der Waals surface area contributed by atoms with E-state index in [1.54, 1.807) is 24.5 Å². The first-order valence-electron chi connectivity index (χ1n) is 8.50. The van der Waals surface area contributed by atoms with Gasteiger partial charge in [0.15, 0.2) is 0 Å². The number of ether oxygens (including phenoxy) is 1. The third-order valence-electron chi connectivity index (χ3n) is 4.48. The van der Waals surface area contributed by atoms with Crippen molar-refractivity contribution in [3.63, 3.8) is 0 Å². The zero-order chi connectivity index (χ0) is 17.3. The van der Waals surface area contributed by atoms with Gasteiger partial charge >= 0.3 is 0 Å². The first-order chi connectivity index (χ1) is 11.4. The van der Waals surface area contributed by atoms with Crippen molar-refractivity contribution in [1.82, 2.24) is 0 Å². The number of carbonyl (C=O) groups excluding carboxylic acids is 1. The van der Waals surface area contributed by atoms with Crippen molar-refractivity contribution in [2.45, 2.75) is 51.9 Å². The lowest BCUT2D eigenvalue weighted by atomic mass is 9.81. The average Bonchev–Trinajstić information content (AvgIpc) is 2.92. The monoisotopic (exact) mass is 343 g/mol. The maximum absolute atomic E-state index is 12.7. The first-order valence-corrected chi connectivity index (χ1v) is 9.32. The third kappa shape index (κ3) is 3.34. The molecule has 0 spiro atoms. The first kappa shape index (κ1) is 17.0. The largest absolute Gasteiger partial charge is 0.497 e. The van der Waals surface area contributed by atoms with Crippen LogP contribution in [0.1, 0.15) is 60.0 Å². The highest BCUT2D eigenvalue weighted by molar-refractivity contribution is 7.16. The fraction of sp³-hybridized carbons (Fsp3) is 0.450. The van der Waals surface area contributed by atoms with Crippen LogP contribution in [0.15, 0.2) is 24.3 Å². The number of thiophene rings is 1. The maximum Gasteiger partial charge on any atom is 0.256 e. The van der Waals surface area contributed by atoms with E-state index >= 15 is 0 Å². The summed E-state index contributed by atoms with van der Waals surface area (Å²) in [5.41, 5.74) is 3.44. The standard InChI is InChI=1S/C20H25NO2S/c1-20(2,3)17-15-10-5-6-11-16(15)24-19(17)21-18(22)13-8-7-9-14(12-13)23-4/h7-9,12H,5-6,10-11H2,1-4H3,(H,21,22). The predicted octanol–water partition coefficient (Wildman–Crippen LogP) is 5.19. The van der Waals surface area contributed by atoms with Crippen molar-refractivity contribution >= 4 is 22.2 Å². The van der Waals surface area contributed by atoms with E-state index < -0.39 is 0 Å². The van der Waals surface area contributed by atoms with E-state index in [2.05, 4.69) is 26.1 Å². The van der Waals surface area contributed by atoms with Crippen molar-refractivity contribution in [3.8, 4) is 5.75 Å². The molecule has 1 heterocycles. The van der Waals surface area contributed by atoms with E-state index in [1.807, 2.05) is 18.2 Å². The molecule has 0 saturated heterocycles. The van der Waals surface area contributed by atoms with E-state index in [0.29, 0.717) is 11.3 Å². The summed E-state index contributed by atoms with van der Waals surface area (Å²) in [5.74, 6) is 0.627. The Morgan fingerprint density at radius 1 is 1.21 bits per heavy atom. The molecule has 3 nitrogen and oxygen atoms in total. The van der Waals surface area contributed by atoms with Gasteiger partial charge < -0.3 is 10.1 Å². The SMILES string of the molecule is COc1cccc(C(=O)Nc2sc3c(c2C(C)(C)C)CCCC3)c1. The Morgan fingerprint density at radius 3 is 2.67 bits per heavy atom. The Balaban J connectivity index is 1.94. The highest BCUT2D eigenvalue weighted by Crippen LogP contribution is 2.44. The van der Waals surface area contributed by atoms with Crippen molar-refractivity contribution in [1.29, 1.82) is 0 Å². The van der Waals surface area contributed by atoms with Crippen LogP contribution in [0.25, 0.3) is 0 Å². The van der Waals surface area contributed by atoms with Gasteiger partial charge in [-0.15, -0.1) is 11.3 Å². The van der Waals surface area contributed by atoms with Crippen LogP contribution in [-0.2, 0) is 18.3 Å². The number of methoxy groups -OCH3 is 1. The van der Waals surface area contributed by atoms with Gasteiger partial charge in [0.2, 0.25) is 0 Å². The number of anilines is 1. The molecule has 0 bridgehead atoms. The Kier molecular flexibility index (Phi) is 4.68. The van der Waals surface area contributed by atoms with Gasteiger partial charge in [-0.2, -0.15) is 0 Å². The predicted molar refractivity (Wildman–Crippen MR) is 101 cm³/mol. The quantitative estimate of drug-likeness (QED) is 0.833. The topological polar surface area (TPSA) is 38.3 Å². The molecule has 1 N–H and O–H groups in total. The lowest BCUT2D eigenvalue weighted by Gasteiger charge is -2.24. The van der Waals surface area contributed by atoms with Crippen LogP contribution < -0.4 is 10.1 Å². The van der Waals surface area contributed by atoms with Crippen LogP contribution in [0.2, 0.25) is 0 Å². The fourth-order valence-corrected chi connectivity index (χ4v) is 4.88. The Labute approximate surface area is 148 Å². The highest BCUT2D eigenvalue weighted by atomic mass is 32.1. The summed E-state index contributed by atoms with van der Waals surface area (Å²) in [7, 11) is 1.61. The van der Waals surface area contributed by atoms with Crippen molar-refractivity contribution in [3.05, 3.63) is 45.8 Å². The van der Waals surface area contributed by atoms with Gasteiger partial charge in [0.25, 0.3) is 5.91 Å². The second kappa shape index (κ2) is 6.60. The number of benzene rings is 1. The van der Waals surface area contributed by atoms with Gasteiger partial charge in [0.05, 0.1) is 12.1 Å². The van der Waals surface area contributed by atoms with E-state index in [9.17, 15) is 4.79 Å². The summed E-state index contributed by atoms with van der Waals surface area (Å²) >= 11 is 1.76. The molecule has 0 fully saturated rings. The van der Waals surface area contributed by atoms with Crippen LogP contribution in [0, 0.1) is 0 Å². The number of nitrogens with one attached hydrogen (secondary N) is 1. The molecule has 1 aliphatic rings. The Hall–Kier alpha value is -1.81. The molecule has 2 aromatic rings. The molecule has 1 aromatic heterocycles. The molecular weight excluding hydrogens is 318 g/mol. The van der Waals surface area contributed by atoms with E-state index in [-0.39, 0.29) is 11.3 Å². The molecule has 0 radical (unpaired) electrons. The molecule has 4 heteroatoms. The molecular formula is C20H25NO2S. The Bertz CT molecular complexity index is 755. The van der Waals surface area contributed by atoms with Crippen molar-refractivity contribution in [2.75, 3.05) is 12.4 Å². The number of aryl methyl sites for hydroxylation is 1. The van der Waals surface area contributed by atoms with E-state index in [0.717, 1.165) is 17.8 Å². The minimum Gasteiger partial charge on any atom is -0.497 e. The lowest BCUT2D eigenvalue weighted by molar-refractivity contribution is 0.102. The molecule has 128 valence electrons. The van der Waals surface area contributed by atoms with Crippen LogP contribution >= 0.6 is 11.3 Å². The second-order valence-corrected chi connectivity index (χ2v) is 8.46. The van der Waals surface area contributed by atoms with Gasteiger partial charge in [-0.3, -0.25) is 4.79 Å². The van der Waals surface area contributed by atoms with Gasteiger partial charge in [0.1, 0.15) is 5.75 Å². The van der Waals surface area contributed by atoms with Crippen LogP contribution in [0.3, 0.4) is 0 Å². The summed E-state index contributed by atoms with van der Waals surface area (Å²) in [6, 6.07) is 7.29. The van der Waals surface area contributed by atoms with Gasteiger partial charge in [0, 0.05) is 10.4 Å². The molecule has 1 aliphatic carbocycles. The van der Waals surface area contributed by atoms with Gasteiger partial charge in [-0.25, -0.2) is 0 Å². The summed E-state index contributed by atoms with van der Waals surface area (Å²) in [6.45, 7) is 6.68. The van der Waals surface area contributed by atoms with Gasteiger partial charge in [-0.1, -0.05) is 26.8 Å². The summed E-state index contributed by atoms with van der Waals surface area (Å²) in [6.07, 6.45) is 4.77. The number of hydrogen-bond acceptors (Lipinski definition) is 3. The molecule has 0 aliphatic heterocycles. The molecule has 3 rings (SSSR count). The van der Waals surface area contributed by atoms with E-state index in [4.69, 9.17) is 4.74 Å². The summed E-state index contributed by atoms with van der Waals surface area (Å²) < 4.78 is 5.22. The number of hydrogen-bond donors (Lipinski definition) is 1. The molecule has 0 saturated carbocycles. The minimum absolute atomic E-state index is 0.0262. The van der Waals surface area contributed by atoms with E-state index in [1.165, 1.54) is 28.8 Å². The number of amides is 1. The number of carbonyl (C=O) groups is 1. The van der Waals surface area contributed by atoms with Crippen LogP contribution in [0.4, 0.5) is 5.00 Å². The lowest BCUT2D eigenvalue weighted by Crippen LogP contribution is -2.19. The average molecular weight is 343 g/mol. The normalized spacial score (nSPS) is 14.2. The van der Waals surface area contributed by atoms with Crippen LogP contribution in [-0.4, -0.2) is 13.0 Å². The Morgan fingerprint density at radius 2 is 1.96 bits per heavy atom. The van der Waals surface area contributed by atoms with Crippen molar-refractivity contribution in [2.24, 2.45) is 0 Å². The smallest absolute Gasteiger partial charge is 0.256 e. The number of fused-ring (bicyclic) bond motifs is 1. The maximum atomic E-state index is 12.7. The van der Waals surface area contributed by atoms with Gasteiger partial charge in [-0.05, 0) is 60.4 Å². The molecule has 1 amide bonds. The summed E-state index contributed by atoms with van der Waals surface area (Å²) in [5, 5.41) is 4.18. The van der Waals surface area contributed by atoms with Crippen LogP contribution in [0.5, 0.6) is 5.75 Å². The molecule has 1 aromatic carbocycles. The highest BCUT2D eigenvalue weighted by Gasteiger charge is 2.29. The number of rotatable bonds is 3.